The topological polar surface area (TPSA) is 43.6 Å². The number of thioether (sulfide) groups is 2. The highest BCUT2D eigenvalue weighted by atomic mass is 32.2. The Bertz CT molecular complexity index is 1120. The molecule has 0 bridgehead atoms. The van der Waals surface area contributed by atoms with Crippen molar-refractivity contribution in [2.45, 2.75) is 40.6 Å². The Morgan fingerprint density at radius 1 is 1.00 bits per heavy atom. The first-order valence-electron chi connectivity index (χ1n) is 9.13. The maximum atomic E-state index is 12.9. The van der Waals surface area contributed by atoms with Crippen molar-refractivity contribution in [2.24, 2.45) is 0 Å². The SMILES string of the molecule is CCn1c(CSc2nc3ccccc3s2)nnc1SCc1cccc(C(F)(F)F)c1. The fourth-order valence-corrected chi connectivity index (χ4v) is 5.85. The summed E-state index contributed by atoms with van der Waals surface area (Å²) in [5.74, 6) is 1.85. The largest absolute Gasteiger partial charge is 0.416 e. The number of fused-ring (bicyclic) bond motifs is 1. The molecule has 0 aliphatic carbocycles. The molecule has 0 amide bonds. The van der Waals surface area contributed by atoms with Crippen molar-refractivity contribution in [3.8, 4) is 0 Å². The fourth-order valence-electron chi connectivity index (χ4n) is 2.87. The Kier molecular flexibility index (Phi) is 6.35. The van der Waals surface area contributed by atoms with Gasteiger partial charge < -0.3 is 4.57 Å². The minimum absolute atomic E-state index is 0.396. The molecule has 0 aliphatic rings. The van der Waals surface area contributed by atoms with Gasteiger partial charge in [-0.3, -0.25) is 0 Å². The van der Waals surface area contributed by atoms with Crippen molar-refractivity contribution in [2.75, 3.05) is 0 Å². The Balaban J connectivity index is 1.43. The Morgan fingerprint density at radius 2 is 1.83 bits per heavy atom. The van der Waals surface area contributed by atoms with Crippen LogP contribution in [-0.4, -0.2) is 19.7 Å². The highest BCUT2D eigenvalue weighted by molar-refractivity contribution is 8.00. The van der Waals surface area contributed by atoms with Crippen molar-refractivity contribution in [1.29, 1.82) is 0 Å². The van der Waals surface area contributed by atoms with Gasteiger partial charge in [0.15, 0.2) is 9.50 Å². The number of alkyl halides is 3. The molecule has 0 spiro atoms. The molecule has 0 saturated heterocycles. The molecule has 4 rings (SSSR count). The van der Waals surface area contributed by atoms with Crippen LogP contribution in [0.2, 0.25) is 0 Å². The third-order valence-electron chi connectivity index (χ3n) is 4.33. The van der Waals surface area contributed by atoms with E-state index in [1.807, 2.05) is 35.8 Å². The standard InChI is InChI=1S/C20H17F3N4S3/c1-2-27-17(12-29-19-24-15-8-3-4-9-16(15)30-19)25-26-18(27)28-11-13-6-5-7-14(10-13)20(21,22)23/h3-10H,2,11-12H2,1H3. The van der Waals surface area contributed by atoms with E-state index >= 15 is 0 Å². The van der Waals surface area contributed by atoms with Crippen molar-refractivity contribution in [1.82, 2.24) is 19.7 Å². The van der Waals surface area contributed by atoms with Crippen molar-refractivity contribution in [3.05, 3.63) is 65.5 Å². The lowest BCUT2D eigenvalue weighted by Gasteiger charge is -2.09. The summed E-state index contributed by atoms with van der Waals surface area (Å²) in [5.41, 5.74) is 0.954. The number of benzene rings is 2. The number of nitrogens with zero attached hydrogens (tertiary/aromatic N) is 4. The second kappa shape index (κ2) is 8.99. The third-order valence-corrected chi connectivity index (χ3v) is 7.54. The number of hydrogen-bond acceptors (Lipinski definition) is 6. The van der Waals surface area contributed by atoms with Gasteiger partial charge in [0.1, 0.15) is 5.82 Å². The van der Waals surface area contributed by atoms with Gasteiger partial charge in [0.05, 0.1) is 21.5 Å². The minimum Gasteiger partial charge on any atom is -0.306 e. The second-order valence-corrected chi connectivity index (χ2v) is 9.56. The van der Waals surface area contributed by atoms with E-state index < -0.39 is 11.7 Å². The predicted molar refractivity (Wildman–Crippen MR) is 116 cm³/mol. The summed E-state index contributed by atoms with van der Waals surface area (Å²) in [5, 5.41) is 9.25. The molecule has 0 radical (unpaired) electrons. The smallest absolute Gasteiger partial charge is 0.306 e. The lowest BCUT2D eigenvalue weighted by Crippen LogP contribution is -2.05. The number of thiazole rings is 1. The summed E-state index contributed by atoms with van der Waals surface area (Å²) in [4.78, 5) is 4.62. The van der Waals surface area contributed by atoms with Crippen LogP contribution in [-0.2, 0) is 24.2 Å². The summed E-state index contributed by atoms with van der Waals surface area (Å²) in [7, 11) is 0. The molecule has 0 saturated carbocycles. The molecule has 10 heteroatoms. The molecule has 156 valence electrons. The number of hydrogen-bond donors (Lipinski definition) is 0. The summed E-state index contributed by atoms with van der Waals surface area (Å²) < 4.78 is 42.8. The maximum absolute atomic E-state index is 12.9. The first-order valence-corrected chi connectivity index (χ1v) is 11.9. The van der Waals surface area contributed by atoms with E-state index in [4.69, 9.17) is 0 Å². The highest BCUT2D eigenvalue weighted by Gasteiger charge is 2.30. The van der Waals surface area contributed by atoms with E-state index in [0.717, 1.165) is 26.4 Å². The van der Waals surface area contributed by atoms with Gasteiger partial charge in [-0.1, -0.05) is 53.9 Å². The van der Waals surface area contributed by atoms with Gasteiger partial charge in [0.25, 0.3) is 0 Å². The molecule has 0 atom stereocenters. The Labute approximate surface area is 183 Å². The van der Waals surface area contributed by atoms with Crippen LogP contribution >= 0.6 is 34.9 Å². The average Bonchev–Trinajstić information content (AvgIpc) is 3.33. The number of rotatable bonds is 7. The summed E-state index contributed by atoms with van der Waals surface area (Å²) >= 11 is 4.65. The molecule has 2 aromatic heterocycles. The summed E-state index contributed by atoms with van der Waals surface area (Å²) in [6.07, 6.45) is -4.34. The van der Waals surface area contributed by atoms with Crippen molar-refractivity contribution >= 4 is 45.1 Å². The van der Waals surface area contributed by atoms with Gasteiger partial charge in [0.2, 0.25) is 0 Å². The molecule has 0 aliphatic heterocycles. The number of halogens is 3. The molecule has 30 heavy (non-hydrogen) atoms. The van der Waals surface area contributed by atoms with E-state index in [1.165, 1.54) is 23.9 Å². The monoisotopic (exact) mass is 466 g/mol. The second-order valence-electron chi connectivity index (χ2n) is 6.37. The molecule has 0 unspecified atom stereocenters. The van der Waals surface area contributed by atoms with E-state index in [2.05, 4.69) is 15.2 Å². The average molecular weight is 467 g/mol. The molecule has 2 aromatic carbocycles. The predicted octanol–water partition coefficient (Wildman–Crippen LogP) is 6.51. The first-order chi connectivity index (χ1) is 14.4. The normalized spacial score (nSPS) is 12.0. The van der Waals surface area contributed by atoms with E-state index in [9.17, 15) is 13.2 Å². The summed E-state index contributed by atoms with van der Waals surface area (Å²) in [6.45, 7) is 2.69. The first kappa shape index (κ1) is 21.2. The fraction of sp³-hybridized carbons (Fsp3) is 0.250. The molecular weight excluding hydrogens is 449 g/mol. The lowest BCUT2D eigenvalue weighted by atomic mass is 10.1. The molecular formula is C20H17F3N4S3. The van der Waals surface area contributed by atoms with Crippen LogP contribution in [0, 0.1) is 0 Å². The van der Waals surface area contributed by atoms with Gasteiger partial charge in [-0.25, -0.2) is 4.98 Å². The zero-order valence-corrected chi connectivity index (χ0v) is 18.3. The molecule has 4 nitrogen and oxygen atoms in total. The van der Waals surface area contributed by atoms with Crippen LogP contribution in [0.5, 0.6) is 0 Å². The minimum atomic E-state index is -4.34. The number of aromatic nitrogens is 4. The molecule has 4 aromatic rings. The van der Waals surface area contributed by atoms with E-state index in [0.29, 0.717) is 28.8 Å². The molecule has 0 fully saturated rings. The zero-order chi connectivity index (χ0) is 21.1. The van der Waals surface area contributed by atoms with Crippen molar-refractivity contribution in [3.63, 3.8) is 0 Å². The highest BCUT2D eigenvalue weighted by Crippen LogP contribution is 2.33. The van der Waals surface area contributed by atoms with Crippen LogP contribution in [0.15, 0.2) is 58.0 Å². The van der Waals surface area contributed by atoms with Gasteiger partial charge in [-0.05, 0) is 30.7 Å². The Morgan fingerprint density at radius 3 is 2.60 bits per heavy atom. The quantitative estimate of drug-likeness (QED) is 0.291. The molecule has 2 heterocycles. The van der Waals surface area contributed by atoms with Gasteiger partial charge in [-0.2, -0.15) is 13.2 Å². The third kappa shape index (κ3) is 4.81. The van der Waals surface area contributed by atoms with Gasteiger partial charge in [0, 0.05) is 12.3 Å². The summed E-state index contributed by atoms with van der Waals surface area (Å²) in [6, 6.07) is 13.4. The maximum Gasteiger partial charge on any atom is 0.416 e. The van der Waals surface area contributed by atoms with Gasteiger partial charge in [-0.15, -0.1) is 21.5 Å². The van der Waals surface area contributed by atoms with Crippen LogP contribution in [0.25, 0.3) is 10.2 Å². The Hall–Kier alpha value is -2.04. The van der Waals surface area contributed by atoms with Crippen LogP contribution < -0.4 is 0 Å². The zero-order valence-electron chi connectivity index (χ0n) is 15.9. The van der Waals surface area contributed by atoms with Crippen LogP contribution in [0.3, 0.4) is 0 Å². The molecule has 0 N–H and O–H groups in total. The van der Waals surface area contributed by atoms with Crippen LogP contribution in [0.1, 0.15) is 23.9 Å². The number of para-hydroxylation sites is 1. The van der Waals surface area contributed by atoms with Gasteiger partial charge >= 0.3 is 6.18 Å². The van der Waals surface area contributed by atoms with Crippen molar-refractivity contribution < 1.29 is 13.2 Å². The van der Waals surface area contributed by atoms with E-state index in [-0.39, 0.29) is 0 Å². The van der Waals surface area contributed by atoms with Crippen LogP contribution in [0.4, 0.5) is 13.2 Å². The lowest BCUT2D eigenvalue weighted by molar-refractivity contribution is -0.137. The van der Waals surface area contributed by atoms with E-state index in [1.54, 1.807) is 29.2 Å².